The summed E-state index contributed by atoms with van der Waals surface area (Å²) in [6.07, 6.45) is 1.83. The lowest BCUT2D eigenvalue weighted by Gasteiger charge is -2.33. The van der Waals surface area contributed by atoms with Crippen LogP contribution in [0.2, 0.25) is 0 Å². The van der Waals surface area contributed by atoms with Crippen LogP contribution in [0.15, 0.2) is 30.9 Å². The van der Waals surface area contributed by atoms with Crippen LogP contribution in [0.1, 0.15) is 17.2 Å². The number of nitrogens with zero attached hydrogens (tertiary/aromatic N) is 1. The summed E-state index contributed by atoms with van der Waals surface area (Å²) in [5.74, 6) is -0.131. The van der Waals surface area contributed by atoms with Crippen LogP contribution >= 0.6 is 0 Å². The second kappa shape index (κ2) is 5.43. The highest BCUT2D eigenvalue weighted by Crippen LogP contribution is 2.25. The number of rotatable bonds is 3. The SMILES string of the molecule is C=C[C@H](c1ccc(C)cc1F)N1CCNCC1. The lowest BCUT2D eigenvalue weighted by molar-refractivity contribution is 0.200. The Morgan fingerprint density at radius 3 is 2.71 bits per heavy atom. The molecule has 0 aliphatic carbocycles. The number of hydrogen-bond donors (Lipinski definition) is 1. The molecule has 1 heterocycles. The first-order valence-corrected chi connectivity index (χ1v) is 6.06. The van der Waals surface area contributed by atoms with Gasteiger partial charge in [0.05, 0.1) is 6.04 Å². The van der Waals surface area contributed by atoms with Crippen LogP contribution < -0.4 is 5.32 Å². The van der Waals surface area contributed by atoms with E-state index in [4.69, 9.17) is 0 Å². The normalized spacial score (nSPS) is 18.9. The van der Waals surface area contributed by atoms with Crippen LogP contribution in [-0.2, 0) is 0 Å². The van der Waals surface area contributed by atoms with E-state index >= 15 is 0 Å². The molecule has 0 spiro atoms. The number of hydrogen-bond acceptors (Lipinski definition) is 2. The Morgan fingerprint density at radius 2 is 2.12 bits per heavy atom. The van der Waals surface area contributed by atoms with Gasteiger partial charge in [0.15, 0.2) is 0 Å². The average molecular weight is 234 g/mol. The van der Waals surface area contributed by atoms with E-state index in [0.29, 0.717) is 0 Å². The van der Waals surface area contributed by atoms with Crippen LogP contribution in [0.3, 0.4) is 0 Å². The Hall–Kier alpha value is -1.19. The molecule has 1 N–H and O–H groups in total. The summed E-state index contributed by atoms with van der Waals surface area (Å²) in [4.78, 5) is 2.26. The van der Waals surface area contributed by atoms with E-state index in [1.165, 1.54) is 0 Å². The highest BCUT2D eigenvalue weighted by molar-refractivity contribution is 5.28. The van der Waals surface area contributed by atoms with Gasteiger partial charge in [0.25, 0.3) is 0 Å². The standard InChI is InChI=1S/C14H19FN2/c1-3-14(17-8-6-16-7-9-17)12-5-4-11(2)10-13(12)15/h3-5,10,14,16H,1,6-9H2,2H3/t14-/m1/s1. The van der Waals surface area contributed by atoms with Gasteiger partial charge in [-0.1, -0.05) is 18.2 Å². The fourth-order valence-electron chi connectivity index (χ4n) is 2.31. The first-order valence-electron chi connectivity index (χ1n) is 6.06. The molecule has 1 fully saturated rings. The van der Waals surface area contributed by atoms with Crippen LogP contribution in [0.25, 0.3) is 0 Å². The molecule has 0 aromatic heterocycles. The quantitative estimate of drug-likeness (QED) is 0.807. The van der Waals surface area contributed by atoms with Crippen molar-refractivity contribution in [2.24, 2.45) is 0 Å². The maximum absolute atomic E-state index is 14.0. The van der Waals surface area contributed by atoms with Crippen molar-refractivity contribution in [2.45, 2.75) is 13.0 Å². The van der Waals surface area contributed by atoms with Crippen molar-refractivity contribution in [3.63, 3.8) is 0 Å². The number of aryl methyl sites for hydroxylation is 1. The van der Waals surface area contributed by atoms with Gasteiger partial charge in [0.1, 0.15) is 5.82 Å². The van der Waals surface area contributed by atoms with Gasteiger partial charge < -0.3 is 5.32 Å². The number of piperazine rings is 1. The zero-order chi connectivity index (χ0) is 12.3. The Balaban J connectivity index is 2.24. The molecule has 3 heteroatoms. The molecule has 0 amide bonds. The maximum Gasteiger partial charge on any atom is 0.128 e. The number of nitrogens with one attached hydrogen (secondary N) is 1. The Morgan fingerprint density at radius 1 is 1.41 bits per heavy atom. The van der Waals surface area contributed by atoms with E-state index in [1.807, 2.05) is 25.1 Å². The van der Waals surface area contributed by atoms with Crippen LogP contribution in [-0.4, -0.2) is 31.1 Å². The largest absolute Gasteiger partial charge is 0.314 e. The van der Waals surface area contributed by atoms with E-state index < -0.39 is 0 Å². The molecule has 1 atom stereocenters. The molecule has 1 aromatic rings. The molecule has 92 valence electrons. The third-order valence-corrected chi connectivity index (χ3v) is 3.24. The molecular weight excluding hydrogens is 215 g/mol. The number of benzene rings is 1. The fraction of sp³-hybridized carbons (Fsp3) is 0.429. The molecule has 1 aliphatic rings. The second-order valence-electron chi connectivity index (χ2n) is 4.49. The van der Waals surface area contributed by atoms with Gasteiger partial charge in [-0.3, -0.25) is 4.90 Å². The van der Waals surface area contributed by atoms with E-state index in [-0.39, 0.29) is 11.9 Å². The predicted octanol–water partition coefficient (Wildman–Crippen LogP) is 2.27. The highest BCUT2D eigenvalue weighted by Gasteiger charge is 2.21. The zero-order valence-electron chi connectivity index (χ0n) is 10.2. The van der Waals surface area contributed by atoms with Gasteiger partial charge in [-0.2, -0.15) is 0 Å². The molecule has 17 heavy (non-hydrogen) atoms. The lowest BCUT2D eigenvalue weighted by Crippen LogP contribution is -2.44. The lowest BCUT2D eigenvalue weighted by atomic mass is 10.0. The molecule has 0 bridgehead atoms. The van der Waals surface area contributed by atoms with Crippen molar-refractivity contribution in [2.75, 3.05) is 26.2 Å². The number of halogens is 1. The third kappa shape index (κ3) is 2.73. The van der Waals surface area contributed by atoms with Gasteiger partial charge in [0, 0.05) is 31.7 Å². The molecule has 0 unspecified atom stereocenters. The Bertz CT molecular complexity index is 397. The molecule has 0 radical (unpaired) electrons. The molecule has 1 saturated heterocycles. The first-order chi connectivity index (χ1) is 8.22. The van der Waals surface area contributed by atoms with Gasteiger partial charge >= 0.3 is 0 Å². The van der Waals surface area contributed by atoms with Crippen molar-refractivity contribution in [3.05, 3.63) is 47.8 Å². The minimum atomic E-state index is -0.131. The zero-order valence-corrected chi connectivity index (χ0v) is 10.2. The topological polar surface area (TPSA) is 15.3 Å². The predicted molar refractivity (Wildman–Crippen MR) is 68.5 cm³/mol. The van der Waals surface area contributed by atoms with Crippen LogP contribution in [0.5, 0.6) is 0 Å². The minimum absolute atomic E-state index is 0.0160. The fourth-order valence-corrected chi connectivity index (χ4v) is 2.31. The van der Waals surface area contributed by atoms with Crippen LogP contribution in [0, 0.1) is 12.7 Å². The first kappa shape index (κ1) is 12.3. The maximum atomic E-state index is 14.0. The minimum Gasteiger partial charge on any atom is -0.314 e. The van der Waals surface area contributed by atoms with Gasteiger partial charge in [-0.25, -0.2) is 4.39 Å². The molecule has 1 aromatic carbocycles. The molecule has 1 aliphatic heterocycles. The van der Waals surface area contributed by atoms with E-state index in [2.05, 4.69) is 16.8 Å². The van der Waals surface area contributed by atoms with Crippen molar-refractivity contribution < 1.29 is 4.39 Å². The summed E-state index contributed by atoms with van der Waals surface area (Å²) in [6, 6.07) is 5.40. The summed E-state index contributed by atoms with van der Waals surface area (Å²) in [5.41, 5.74) is 1.68. The molecular formula is C14H19FN2. The van der Waals surface area contributed by atoms with Gasteiger partial charge in [-0.05, 0) is 18.6 Å². The molecule has 2 nitrogen and oxygen atoms in total. The summed E-state index contributed by atoms with van der Waals surface area (Å²) in [7, 11) is 0. The summed E-state index contributed by atoms with van der Waals surface area (Å²) >= 11 is 0. The van der Waals surface area contributed by atoms with Crippen molar-refractivity contribution in [3.8, 4) is 0 Å². The average Bonchev–Trinajstić information content (AvgIpc) is 2.34. The smallest absolute Gasteiger partial charge is 0.128 e. The summed E-state index contributed by atoms with van der Waals surface area (Å²) in [6.45, 7) is 9.53. The molecule has 0 saturated carbocycles. The monoisotopic (exact) mass is 234 g/mol. The summed E-state index contributed by atoms with van der Waals surface area (Å²) in [5, 5.41) is 3.30. The Kier molecular flexibility index (Phi) is 3.92. The molecule has 2 rings (SSSR count). The van der Waals surface area contributed by atoms with E-state index in [9.17, 15) is 4.39 Å². The van der Waals surface area contributed by atoms with Crippen LogP contribution in [0.4, 0.5) is 4.39 Å². The Labute approximate surface area is 102 Å². The van der Waals surface area contributed by atoms with E-state index in [0.717, 1.165) is 37.3 Å². The van der Waals surface area contributed by atoms with Crippen molar-refractivity contribution >= 4 is 0 Å². The van der Waals surface area contributed by atoms with Gasteiger partial charge in [-0.15, -0.1) is 6.58 Å². The third-order valence-electron chi connectivity index (χ3n) is 3.24. The highest BCUT2D eigenvalue weighted by atomic mass is 19.1. The summed E-state index contributed by atoms with van der Waals surface area (Å²) < 4.78 is 14.0. The van der Waals surface area contributed by atoms with Crippen molar-refractivity contribution in [1.29, 1.82) is 0 Å². The van der Waals surface area contributed by atoms with E-state index in [1.54, 1.807) is 6.07 Å². The van der Waals surface area contributed by atoms with Crippen molar-refractivity contribution in [1.82, 2.24) is 10.2 Å². The second-order valence-corrected chi connectivity index (χ2v) is 4.49. The van der Waals surface area contributed by atoms with Gasteiger partial charge in [0.2, 0.25) is 0 Å².